The van der Waals surface area contributed by atoms with Crippen LogP contribution in [0.4, 0.5) is 0 Å². The Morgan fingerprint density at radius 1 is 1.41 bits per heavy atom. The molecule has 1 atom stereocenters. The van der Waals surface area contributed by atoms with E-state index in [4.69, 9.17) is 4.55 Å². The molecule has 0 aliphatic rings. The van der Waals surface area contributed by atoms with Gasteiger partial charge in [-0.3, -0.25) is 4.79 Å². The van der Waals surface area contributed by atoms with E-state index in [2.05, 4.69) is 0 Å². The second-order valence-electron chi connectivity index (χ2n) is 4.12. The van der Waals surface area contributed by atoms with Crippen molar-refractivity contribution in [2.45, 2.75) is 13.3 Å². The average Bonchev–Trinajstić information content (AvgIpc) is 2.26. The summed E-state index contributed by atoms with van der Waals surface area (Å²) in [5, 5.41) is 0. The van der Waals surface area contributed by atoms with E-state index >= 15 is 0 Å². The third kappa shape index (κ3) is 3.94. The summed E-state index contributed by atoms with van der Waals surface area (Å²) in [6.07, 6.45) is 0.547. The lowest BCUT2D eigenvalue weighted by atomic mass is 10.0. The summed E-state index contributed by atoms with van der Waals surface area (Å²) in [5.41, 5.74) is 2.62. The quantitative estimate of drug-likeness (QED) is 0.829. The molecule has 1 aromatic rings. The van der Waals surface area contributed by atoms with Crippen molar-refractivity contribution in [1.82, 2.24) is 4.90 Å². The van der Waals surface area contributed by atoms with Gasteiger partial charge in [0.2, 0.25) is 0 Å². The van der Waals surface area contributed by atoms with E-state index in [0.29, 0.717) is 12.0 Å². The van der Waals surface area contributed by atoms with Crippen molar-refractivity contribution in [3.63, 3.8) is 0 Å². The van der Waals surface area contributed by atoms with Crippen molar-refractivity contribution in [1.29, 1.82) is 0 Å². The minimum Gasteiger partial charge on any atom is -0.345 e. The molecule has 1 N–H and O–H groups in total. The molecule has 0 spiro atoms. The van der Waals surface area contributed by atoms with Gasteiger partial charge in [-0.05, 0) is 36.6 Å². The Morgan fingerprint density at radius 3 is 2.53 bits per heavy atom. The number of hydrogen-bond acceptors (Lipinski definition) is 2. The Kier molecular flexibility index (Phi) is 4.84. The van der Waals surface area contributed by atoms with Crippen LogP contribution >= 0.6 is 0 Å². The Balaban J connectivity index is 2.86. The molecule has 17 heavy (non-hydrogen) atoms. The maximum atomic E-state index is 11.7. The maximum absolute atomic E-state index is 11.7. The molecule has 1 rings (SSSR count). The molecule has 1 aromatic carbocycles. The first-order valence-corrected chi connectivity index (χ1v) is 6.58. The van der Waals surface area contributed by atoms with E-state index in [1.165, 1.54) is 4.90 Å². The molecule has 0 saturated heterocycles. The summed E-state index contributed by atoms with van der Waals surface area (Å²) >= 11 is -1.77. The lowest BCUT2D eigenvalue weighted by Crippen LogP contribution is -2.21. The zero-order valence-corrected chi connectivity index (χ0v) is 11.1. The van der Waals surface area contributed by atoms with Gasteiger partial charge in [-0.25, -0.2) is 4.21 Å². The van der Waals surface area contributed by atoms with E-state index < -0.39 is 11.1 Å². The Bertz CT molecular complexity index is 443. The molecule has 1 amide bonds. The smallest absolute Gasteiger partial charge is 0.253 e. The van der Waals surface area contributed by atoms with Gasteiger partial charge >= 0.3 is 0 Å². The van der Waals surface area contributed by atoms with Crippen molar-refractivity contribution in [2.75, 3.05) is 19.8 Å². The topological polar surface area (TPSA) is 57.6 Å². The van der Waals surface area contributed by atoms with Crippen molar-refractivity contribution in [3.8, 4) is 0 Å². The number of aryl methyl sites for hydroxylation is 2. The first kappa shape index (κ1) is 13.9. The molecule has 0 heterocycles. The number of carbonyl (C=O) groups excluding carboxylic acids is 1. The van der Waals surface area contributed by atoms with Crippen molar-refractivity contribution >= 4 is 17.0 Å². The van der Waals surface area contributed by atoms with Crippen molar-refractivity contribution < 1.29 is 13.6 Å². The molecule has 0 bridgehead atoms. The Labute approximate surface area is 104 Å². The van der Waals surface area contributed by atoms with Crippen LogP contribution in [-0.4, -0.2) is 39.4 Å². The molecular formula is C12H17NO3S. The zero-order valence-electron chi connectivity index (χ0n) is 10.3. The minimum absolute atomic E-state index is 0.0367. The first-order valence-electron chi connectivity index (χ1n) is 5.30. The second kappa shape index (κ2) is 5.93. The number of amides is 1. The fourth-order valence-electron chi connectivity index (χ4n) is 1.56. The van der Waals surface area contributed by atoms with Crippen LogP contribution in [0.3, 0.4) is 0 Å². The molecule has 0 aromatic heterocycles. The van der Waals surface area contributed by atoms with Crippen LogP contribution in [0.5, 0.6) is 0 Å². The van der Waals surface area contributed by atoms with E-state index in [-0.39, 0.29) is 11.7 Å². The predicted molar refractivity (Wildman–Crippen MR) is 68.5 cm³/mol. The molecule has 0 aliphatic carbocycles. The van der Waals surface area contributed by atoms with Crippen LogP contribution in [0.25, 0.3) is 0 Å². The lowest BCUT2D eigenvalue weighted by molar-refractivity contribution is 0.0827. The van der Waals surface area contributed by atoms with Gasteiger partial charge in [0.05, 0.1) is 5.75 Å². The van der Waals surface area contributed by atoms with Gasteiger partial charge < -0.3 is 9.45 Å². The minimum atomic E-state index is -1.77. The predicted octanol–water partition coefficient (Wildman–Crippen LogP) is 1.46. The van der Waals surface area contributed by atoms with E-state index in [0.717, 1.165) is 11.1 Å². The first-order chi connectivity index (χ1) is 7.91. The number of hydrogen-bond donors (Lipinski definition) is 1. The van der Waals surface area contributed by atoms with Crippen LogP contribution < -0.4 is 0 Å². The SMILES string of the molecule is Cc1cc(C(=O)N(C)C)ccc1CCS(=O)O. The van der Waals surface area contributed by atoms with Gasteiger partial charge in [0, 0.05) is 19.7 Å². The lowest BCUT2D eigenvalue weighted by Gasteiger charge is -2.12. The van der Waals surface area contributed by atoms with Gasteiger partial charge in [0.1, 0.15) is 0 Å². The highest BCUT2D eigenvalue weighted by molar-refractivity contribution is 7.79. The molecule has 0 aliphatic heterocycles. The normalized spacial score (nSPS) is 12.2. The monoisotopic (exact) mass is 255 g/mol. The van der Waals surface area contributed by atoms with Gasteiger partial charge in [-0.1, -0.05) is 6.07 Å². The number of benzene rings is 1. The van der Waals surface area contributed by atoms with Crippen LogP contribution in [0.1, 0.15) is 21.5 Å². The molecule has 5 heteroatoms. The van der Waals surface area contributed by atoms with Crippen molar-refractivity contribution in [3.05, 3.63) is 34.9 Å². The van der Waals surface area contributed by atoms with Gasteiger partial charge in [0.15, 0.2) is 11.1 Å². The molecule has 4 nitrogen and oxygen atoms in total. The molecule has 0 fully saturated rings. The highest BCUT2D eigenvalue weighted by Crippen LogP contribution is 2.13. The molecule has 1 unspecified atom stereocenters. The summed E-state index contributed by atoms with van der Waals surface area (Å²) in [7, 11) is 3.42. The van der Waals surface area contributed by atoms with E-state index in [9.17, 15) is 9.00 Å². The summed E-state index contributed by atoms with van der Waals surface area (Å²) in [6.45, 7) is 1.90. The van der Waals surface area contributed by atoms with Crippen LogP contribution in [0.15, 0.2) is 18.2 Å². The van der Waals surface area contributed by atoms with E-state index in [1.807, 2.05) is 19.1 Å². The van der Waals surface area contributed by atoms with Crippen molar-refractivity contribution in [2.24, 2.45) is 0 Å². The van der Waals surface area contributed by atoms with E-state index in [1.54, 1.807) is 20.2 Å². The molecule has 94 valence electrons. The maximum Gasteiger partial charge on any atom is 0.253 e. The summed E-state index contributed by atoms with van der Waals surface area (Å²) < 4.78 is 19.3. The van der Waals surface area contributed by atoms with Crippen LogP contribution in [0.2, 0.25) is 0 Å². The van der Waals surface area contributed by atoms with Crippen LogP contribution in [0, 0.1) is 6.92 Å². The third-order valence-corrected chi connectivity index (χ3v) is 3.10. The summed E-state index contributed by atoms with van der Waals surface area (Å²) in [6, 6.07) is 5.42. The molecular weight excluding hydrogens is 238 g/mol. The number of rotatable bonds is 4. The standard InChI is InChI=1S/C12H17NO3S/c1-9-8-11(12(14)13(2)3)5-4-10(9)6-7-17(15)16/h4-5,8H,6-7H2,1-3H3,(H,15,16). The second-order valence-corrected chi connectivity index (χ2v) is 5.17. The fraction of sp³-hybridized carbons (Fsp3) is 0.417. The highest BCUT2D eigenvalue weighted by Gasteiger charge is 2.09. The number of nitrogens with zero attached hydrogens (tertiary/aromatic N) is 1. The van der Waals surface area contributed by atoms with Gasteiger partial charge in [0.25, 0.3) is 5.91 Å². The highest BCUT2D eigenvalue weighted by atomic mass is 32.2. The number of carbonyl (C=O) groups is 1. The summed E-state index contributed by atoms with van der Waals surface area (Å²) in [4.78, 5) is 13.2. The third-order valence-electron chi connectivity index (χ3n) is 2.54. The largest absolute Gasteiger partial charge is 0.345 e. The van der Waals surface area contributed by atoms with Gasteiger partial charge in [-0.2, -0.15) is 0 Å². The van der Waals surface area contributed by atoms with Gasteiger partial charge in [-0.15, -0.1) is 0 Å². The zero-order chi connectivity index (χ0) is 13.0. The summed E-state index contributed by atoms with van der Waals surface area (Å²) in [5.74, 6) is 0.187. The van der Waals surface area contributed by atoms with Crippen LogP contribution in [-0.2, 0) is 17.5 Å². The molecule has 0 saturated carbocycles. The Morgan fingerprint density at radius 2 is 2.06 bits per heavy atom. The molecule has 0 radical (unpaired) electrons. The Hall–Kier alpha value is -1.20. The fourth-order valence-corrected chi connectivity index (χ4v) is 1.96. The average molecular weight is 255 g/mol.